The molecule has 1 unspecified atom stereocenters. The smallest absolute Gasteiger partial charge is 0.306 e. The van der Waals surface area contributed by atoms with Gasteiger partial charge in [0.15, 0.2) is 0 Å². The molecule has 19 heavy (non-hydrogen) atoms. The number of hydrogen-bond donors (Lipinski definition) is 2. The van der Waals surface area contributed by atoms with E-state index < -0.39 is 11.9 Å². The van der Waals surface area contributed by atoms with E-state index in [1.54, 1.807) is 26.2 Å². The Morgan fingerprint density at radius 2 is 1.95 bits per heavy atom. The number of rotatable bonds is 4. The molecule has 0 amide bonds. The van der Waals surface area contributed by atoms with Gasteiger partial charge in [-0.2, -0.15) is 0 Å². The van der Waals surface area contributed by atoms with E-state index in [0.717, 1.165) is 5.56 Å². The first kappa shape index (κ1) is 15.3. The lowest BCUT2D eigenvalue weighted by molar-refractivity contribution is -0.141. The van der Waals surface area contributed by atoms with Crippen LogP contribution < -0.4 is 4.74 Å². The van der Waals surface area contributed by atoms with Gasteiger partial charge in [-0.15, -0.1) is 0 Å². The van der Waals surface area contributed by atoms with Crippen LogP contribution in [0.25, 0.3) is 0 Å². The Kier molecular flexibility index (Phi) is 4.45. The number of phenolic OH excluding ortho intramolecular Hbond substituents is 1. The highest BCUT2D eigenvalue weighted by Gasteiger charge is 2.22. The number of phenols is 1. The van der Waals surface area contributed by atoms with Gasteiger partial charge in [-0.05, 0) is 29.5 Å². The van der Waals surface area contributed by atoms with Crippen molar-refractivity contribution in [1.82, 2.24) is 0 Å². The Morgan fingerprint density at radius 1 is 1.37 bits per heavy atom. The Hall–Kier alpha value is -1.71. The van der Waals surface area contributed by atoms with Crippen LogP contribution in [0.5, 0.6) is 11.5 Å². The zero-order chi connectivity index (χ0) is 14.8. The van der Waals surface area contributed by atoms with Crippen molar-refractivity contribution in [2.45, 2.75) is 39.5 Å². The second-order valence-corrected chi connectivity index (χ2v) is 5.87. The Morgan fingerprint density at radius 3 is 2.37 bits per heavy atom. The quantitative estimate of drug-likeness (QED) is 0.879. The summed E-state index contributed by atoms with van der Waals surface area (Å²) in [6.45, 7) is 7.64. The second kappa shape index (κ2) is 5.51. The fraction of sp³-hybridized carbons (Fsp3) is 0.533. The molecule has 0 radical (unpaired) electrons. The van der Waals surface area contributed by atoms with Gasteiger partial charge in [0.1, 0.15) is 11.5 Å². The molecule has 0 saturated heterocycles. The summed E-state index contributed by atoms with van der Waals surface area (Å²) in [7, 11) is 1.55. The summed E-state index contributed by atoms with van der Waals surface area (Å²) in [6.07, 6.45) is 0.330. The minimum absolute atomic E-state index is 0.181. The van der Waals surface area contributed by atoms with Crippen LogP contribution in [0.4, 0.5) is 0 Å². The number of ether oxygens (including phenoxy) is 1. The average molecular weight is 266 g/mol. The van der Waals surface area contributed by atoms with Crippen LogP contribution in [0.15, 0.2) is 12.1 Å². The van der Waals surface area contributed by atoms with Crippen LogP contribution in [-0.2, 0) is 16.6 Å². The first-order valence-electron chi connectivity index (χ1n) is 6.30. The first-order valence-corrected chi connectivity index (χ1v) is 6.30. The molecule has 4 heteroatoms. The van der Waals surface area contributed by atoms with Crippen LogP contribution >= 0.6 is 0 Å². The van der Waals surface area contributed by atoms with Crippen molar-refractivity contribution in [2.75, 3.05) is 7.11 Å². The van der Waals surface area contributed by atoms with Crippen molar-refractivity contribution >= 4 is 5.97 Å². The minimum atomic E-state index is -0.860. The topological polar surface area (TPSA) is 66.8 Å². The molecule has 1 rings (SSSR count). The minimum Gasteiger partial charge on any atom is -0.508 e. The lowest BCUT2D eigenvalue weighted by Crippen LogP contribution is -2.15. The van der Waals surface area contributed by atoms with Crippen molar-refractivity contribution < 1.29 is 19.7 Å². The molecule has 0 aliphatic carbocycles. The SMILES string of the molecule is COc1cc(C(C)(C)C)c(O)cc1CC(C)C(=O)O. The maximum Gasteiger partial charge on any atom is 0.306 e. The Balaban J connectivity index is 3.21. The van der Waals surface area contributed by atoms with E-state index in [4.69, 9.17) is 9.84 Å². The molecule has 1 atom stereocenters. The van der Waals surface area contributed by atoms with Crippen molar-refractivity contribution in [3.63, 3.8) is 0 Å². The number of aliphatic carboxylic acids is 1. The van der Waals surface area contributed by atoms with E-state index in [1.165, 1.54) is 0 Å². The molecule has 2 N–H and O–H groups in total. The summed E-state index contributed by atoms with van der Waals surface area (Å²) in [5.74, 6) is -0.577. The predicted octanol–water partition coefficient (Wildman–Crippen LogP) is 2.96. The number of carboxylic acids is 1. The van der Waals surface area contributed by atoms with Gasteiger partial charge in [-0.25, -0.2) is 0 Å². The zero-order valence-corrected chi connectivity index (χ0v) is 12.2. The normalized spacial score (nSPS) is 13.1. The van der Waals surface area contributed by atoms with Crippen molar-refractivity contribution in [1.29, 1.82) is 0 Å². The Bertz CT molecular complexity index is 472. The van der Waals surface area contributed by atoms with Crippen LogP contribution in [0.2, 0.25) is 0 Å². The van der Waals surface area contributed by atoms with E-state index in [-0.39, 0.29) is 11.2 Å². The monoisotopic (exact) mass is 266 g/mol. The summed E-state index contributed by atoms with van der Waals surface area (Å²) in [4.78, 5) is 10.9. The van der Waals surface area contributed by atoms with Gasteiger partial charge in [0.2, 0.25) is 0 Å². The summed E-state index contributed by atoms with van der Waals surface area (Å²) in [5, 5.41) is 19.1. The zero-order valence-electron chi connectivity index (χ0n) is 12.2. The molecule has 0 heterocycles. The molecule has 0 fully saturated rings. The maximum absolute atomic E-state index is 10.9. The summed E-state index contributed by atoms with van der Waals surface area (Å²) >= 11 is 0. The standard InChI is InChI=1S/C15H22O4/c1-9(14(17)18)6-10-7-12(16)11(15(2,3)4)8-13(10)19-5/h7-9,16H,6H2,1-5H3,(H,17,18). The molecule has 1 aromatic carbocycles. The molecule has 0 spiro atoms. The first-order chi connectivity index (χ1) is 8.66. The van der Waals surface area contributed by atoms with Gasteiger partial charge >= 0.3 is 5.97 Å². The number of aromatic hydroxyl groups is 1. The van der Waals surface area contributed by atoms with E-state index in [2.05, 4.69) is 0 Å². The molecule has 0 bridgehead atoms. The number of carboxylic acid groups (broad SMARTS) is 1. The third-order valence-corrected chi connectivity index (χ3v) is 3.15. The summed E-state index contributed by atoms with van der Waals surface area (Å²) in [6, 6.07) is 3.40. The average Bonchev–Trinajstić information content (AvgIpc) is 2.27. The molecule has 0 aliphatic heterocycles. The molecule has 0 aromatic heterocycles. The third-order valence-electron chi connectivity index (χ3n) is 3.15. The molecule has 106 valence electrons. The van der Waals surface area contributed by atoms with E-state index in [1.807, 2.05) is 20.8 Å². The third kappa shape index (κ3) is 3.63. The van der Waals surface area contributed by atoms with E-state index in [9.17, 15) is 9.90 Å². The maximum atomic E-state index is 10.9. The number of hydrogen-bond acceptors (Lipinski definition) is 3. The molecule has 4 nitrogen and oxygen atoms in total. The van der Waals surface area contributed by atoms with Gasteiger partial charge < -0.3 is 14.9 Å². The van der Waals surface area contributed by atoms with E-state index >= 15 is 0 Å². The van der Waals surface area contributed by atoms with Crippen LogP contribution in [0, 0.1) is 5.92 Å². The van der Waals surface area contributed by atoms with Crippen molar-refractivity contribution in [3.05, 3.63) is 23.3 Å². The van der Waals surface area contributed by atoms with Gasteiger partial charge in [-0.1, -0.05) is 27.7 Å². The van der Waals surface area contributed by atoms with Crippen LogP contribution in [0.1, 0.15) is 38.8 Å². The number of benzene rings is 1. The molecule has 0 aliphatic rings. The van der Waals surface area contributed by atoms with Gasteiger partial charge in [-0.3, -0.25) is 4.79 Å². The highest BCUT2D eigenvalue weighted by molar-refractivity contribution is 5.70. The molecular weight excluding hydrogens is 244 g/mol. The van der Waals surface area contributed by atoms with E-state index in [0.29, 0.717) is 17.7 Å². The molecule has 1 aromatic rings. The summed E-state index contributed by atoms with van der Waals surface area (Å²) < 4.78 is 5.31. The van der Waals surface area contributed by atoms with Crippen molar-refractivity contribution in [2.24, 2.45) is 5.92 Å². The van der Waals surface area contributed by atoms with Crippen molar-refractivity contribution in [3.8, 4) is 11.5 Å². The fourth-order valence-corrected chi connectivity index (χ4v) is 1.98. The van der Waals surface area contributed by atoms with Gasteiger partial charge in [0, 0.05) is 5.56 Å². The molecular formula is C15H22O4. The highest BCUT2D eigenvalue weighted by Crippen LogP contribution is 2.36. The lowest BCUT2D eigenvalue weighted by Gasteiger charge is -2.23. The number of carbonyl (C=O) groups is 1. The molecule has 0 saturated carbocycles. The lowest BCUT2D eigenvalue weighted by atomic mass is 9.84. The van der Waals surface area contributed by atoms with Gasteiger partial charge in [0.25, 0.3) is 0 Å². The summed E-state index contributed by atoms with van der Waals surface area (Å²) in [5.41, 5.74) is 1.30. The highest BCUT2D eigenvalue weighted by atomic mass is 16.5. The number of methoxy groups -OCH3 is 1. The largest absolute Gasteiger partial charge is 0.508 e. The van der Waals surface area contributed by atoms with Crippen LogP contribution in [0.3, 0.4) is 0 Å². The second-order valence-electron chi connectivity index (χ2n) is 5.87. The Labute approximate surface area is 114 Å². The van der Waals surface area contributed by atoms with Crippen LogP contribution in [-0.4, -0.2) is 23.3 Å². The fourth-order valence-electron chi connectivity index (χ4n) is 1.98. The van der Waals surface area contributed by atoms with Gasteiger partial charge in [0.05, 0.1) is 13.0 Å². The predicted molar refractivity (Wildman–Crippen MR) is 73.9 cm³/mol.